The normalized spacial score (nSPS) is 26.5. The SMILES string of the molecule is CCN1CCN(C(C)(C)CN2CC(CCl)CC2=O)CC1. The van der Waals surface area contributed by atoms with Crippen LogP contribution in [0, 0.1) is 5.92 Å². The molecular weight excluding hydrogens is 274 g/mol. The van der Waals surface area contributed by atoms with E-state index in [4.69, 9.17) is 11.6 Å². The van der Waals surface area contributed by atoms with Crippen molar-refractivity contribution in [2.24, 2.45) is 5.92 Å². The standard InChI is InChI=1S/C15H28ClN3O/c1-4-17-5-7-19(8-6-17)15(2,3)12-18-11-13(10-16)9-14(18)20/h13H,4-12H2,1-3H3. The predicted molar refractivity (Wildman–Crippen MR) is 83.2 cm³/mol. The summed E-state index contributed by atoms with van der Waals surface area (Å²) in [7, 11) is 0. The summed E-state index contributed by atoms with van der Waals surface area (Å²) in [5.74, 6) is 1.21. The van der Waals surface area contributed by atoms with Crippen molar-refractivity contribution in [2.45, 2.75) is 32.7 Å². The predicted octanol–water partition coefficient (Wildman–Crippen LogP) is 1.49. The largest absolute Gasteiger partial charge is 0.341 e. The monoisotopic (exact) mass is 301 g/mol. The number of nitrogens with zero attached hydrogens (tertiary/aromatic N) is 3. The van der Waals surface area contributed by atoms with Crippen LogP contribution in [-0.2, 0) is 4.79 Å². The van der Waals surface area contributed by atoms with Gasteiger partial charge in [0.1, 0.15) is 0 Å². The van der Waals surface area contributed by atoms with Crippen molar-refractivity contribution in [2.75, 3.05) is 51.7 Å². The van der Waals surface area contributed by atoms with Crippen LogP contribution in [0.5, 0.6) is 0 Å². The minimum absolute atomic E-state index is 0.0523. The number of likely N-dealkylation sites (N-methyl/N-ethyl adjacent to an activating group) is 1. The number of alkyl halides is 1. The first kappa shape index (κ1) is 16.1. The van der Waals surface area contributed by atoms with E-state index < -0.39 is 0 Å². The topological polar surface area (TPSA) is 26.8 Å². The van der Waals surface area contributed by atoms with Crippen LogP contribution in [-0.4, -0.2) is 77.8 Å². The fourth-order valence-electron chi connectivity index (χ4n) is 3.35. The van der Waals surface area contributed by atoms with Crippen molar-refractivity contribution in [1.29, 1.82) is 0 Å². The summed E-state index contributed by atoms with van der Waals surface area (Å²) in [6, 6.07) is 0. The van der Waals surface area contributed by atoms with Crippen molar-refractivity contribution < 1.29 is 4.79 Å². The molecule has 1 unspecified atom stereocenters. The van der Waals surface area contributed by atoms with E-state index in [0.717, 1.165) is 45.8 Å². The van der Waals surface area contributed by atoms with Crippen molar-refractivity contribution >= 4 is 17.5 Å². The molecule has 2 fully saturated rings. The summed E-state index contributed by atoms with van der Waals surface area (Å²) in [6.07, 6.45) is 0.628. The number of hydrogen-bond acceptors (Lipinski definition) is 3. The number of hydrogen-bond donors (Lipinski definition) is 0. The highest BCUT2D eigenvalue weighted by atomic mass is 35.5. The fourth-order valence-corrected chi connectivity index (χ4v) is 3.55. The van der Waals surface area contributed by atoms with E-state index in [0.29, 0.717) is 18.2 Å². The van der Waals surface area contributed by atoms with Gasteiger partial charge in [0, 0.05) is 57.1 Å². The van der Waals surface area contributed by atoms with E-state index in [1.807, 2.05) is 4.90 Å². The number of likely N-dealkylation sites (tertiary alicyclic amines) is 1. The molecule has 1 amide bonds. The number of halogens is 1. The van der Waals surface area contributed by atoms with E-state index in [1.165, 1.54) is 0 Å². The summed E-state index contributed by atoms with van der Waals surface area (Å²) in [5.41, 5.74) is 0.0523. The molecule has 0 bridgehead atoms. The quantitative estimate of drug-likeness (QED) is 0.720. The molecule has 0 saturated carbocycles. The van der Waals surface area contributed by atoms with Gasteiger partial charge in [0.25, 0.3) is 0 Å². The number of piperazine rings is 1. The van der Waals surface area contributed by atoms with E-state index in [9.17, 15) is 4.79 Å². The van der Waals surface area contributed by atoms with Gasteiger partial charge in [-0.15, -0.1) is 11.6 Å². The van der Waals surface area contributed by atoms with Gasteiger partial charge >= 0.3 is 0 Å². The second-order valence-electron chi connectivity index (χ2n) is 6.73. The van der Waals surface area contributed by atoms with Crippen LogP contribution < -0.4 is 0 Å². The third-order valence-electron chi connectivity index (χ3n) is 4.77. The number of rotatable bonds is 5. The van der Waals surface area contributed by atoms with Crippen LogP contribution in [0.1, 0.15) is 27.2 Å². The average Bonchev–Trinajstić information content (AvgIpc) is 2.79. The molecule has 116 valence electrons. The van der Waals surface area contributed by atoms with Gasteiger partial charge in [-0.3, -0.25) is 9.69 Å². The first-order chi connectivity index (χ1) is 9.46. The first-order valence-electron chi connectivity index (χ1n) is 7.77. The van der Waals surface area contributed by atoms with Crippen molar-refractivity contribution in [3.8, 4) is 0 Å². The number of amides is 1. The zero-order valence-electron chi connectivity index (χ0n) is 13.1. The molecule has 2 saturated heterocycles. The summed E-state index contributed by atoms with van der Waals surface area (Å²) in [5, 5.41) is 0. The van der Waals surface area contributed by atoms with Crippen molar-refractivity contribution in [3.05, 3.63) is 0 Å². The van der Waals surface area contributed by atoms with Crippen molar-refractivity contribution in [1.82, 2.24) is 14.7 Å². The molecule has 0 radical (unpaired) electrons. The number of carbonyl (C=O) groups is 1. The average molecular weight is 302 g/mol. The van der Waals surface area contributed by atoms with Gasteiger partial charge in [-0.1, -0.05) is 6.92 Å². The van der Waals surface area contributed by atoms with Gasteiger partial charge in [-0.25, -0.2) is 0 Å². The van der Waals surface area contributed by atoms with Gasteiger partial charge in [0.15, 0.2) is 0 Å². The van der Waals surface area contributed by atoms with Crippen LogP contribution in [0.2, 0.25) is 0 Å². The van der Waals surface area contributed by atoms with Crippen LogP contribution in [0.15, 0.2) is 0 Å². The Morgan fingerprint density at radius 2 is 1.90 bits per heavy atom. The van der Waals surface area contributed by atoms with Gasteiger partial charge < -0.3 is 9.80 Å². The lowest BCUT2D eigenvalue weighted by atomic mass is 10.0. The maximum absolute atomic E-state index is 12.0. The smallest absolute Gasteiger partial charge is 0.223 e. The molecule has 0 aromatic carbocycles. The lowest BCUT2D eigenvalue weighted by molar-refractivity contribution is -0.129. The van der Waals surface area contributed by atoms with E-state index in [-0.39, 0.29) is 11.4 Å². The lowest BCUT2D eigenvalue weighted by Crippen LogP contribution is -2.58. The first-order valence-corrected chi connectivity index (χ1v) is 8.31. The van der Waals surface area contributed by atoms with Crippen LogP contribution in [0.4, 0.5) is 0 Å². The van der Waals surface area contributed by atoms with Gasteiger partial charge in [-0.05, 0) is 26.3 Å². The fraction of sp³-hybridized carbons (Fsp3) is 0.933. The molecule has 2 aliphatic heterocycles. The molecule has 2 heterocycles. The van der Waals surface area contributed by atoms with Crippen LogP contribution in [0.25, 0.3) is 0 Å². The van der Waals surface area contributed by atoms with Gasteiger partial charge in [0.05, 0.1) is 0 Å². The molecule has 4 nitrogen and oxygen atoms in total. The van der Waals surface area contributed by atoms with E-state index >= 15 is 0 Å². The van der Waals surface area contributed by atoms with E-state index in [1.54, 1.807) is 0 Å². The maximum Gasteiger partial charge on any atom is 0.223 e. The molecule has 2 rings (SSSR count). The molecule has 1 atom stereocenters. The third-order valence-corrected chi connectivity index (χ3v) is 5.20. The molecule has 5 heteroatoms. The minimum Gasteiger partial charge on any atom is -0.341 e. The Kier molecular flexibility index (Phi) is 5.32. The highest BCUT2D eigenvalue weighted by molar-refractivity contribution is 6.18. The highest BCUT2D eigenvalue weighted by Crippen LogP contribution is 2.24. The second-order valence-corrected chi connectivity index (χ2v) is 7.04. The number of carbonyl (C=O) groups excluding carboxylic acids is 1. The van der Waals surface area contributed by atoms with Crippen LogP contribution in [0.3, 0.4) is 0 Å². The molecular formula is C15H28ClN3O. The summed E-state index contributed by atoms with van der Waals surface area (Å²) >= 11 is 5.90. The Hall–Kier alpha value is -0.320. The Balaban J connectivity index is 1.89. The zero-order valence-corrected chi connectivity index (χ0v) is 13.8. The molecule has 0 spiro atoms. The van der Waals surface area contributed by atoms with Gasteiger partial charge in [-0.2, -0.15) is 0 Å². The zero-order chi connectivity index (χ0) is 14.8. The molecule has 0 aromatic rings. The summed E-state index contributed by atoms with van der Waals surface area (Å²) < 4.78 is 0. The van der Waals surface area contributed by atoms with E-state index in [2.05, 4.69) is 30.6 Å². The Labute approximate surface area is 128 Å². The van der Waals surface area contributed by atoms with Gasteiger partial charge in [0.2, 0.25) is 5.91 Å². The minimum atomic E-state index is 0.0523. The van der Waals surface area contributed by atoms with Crippen molar-refractivity contribution in [3.63, 3.8) is 0 Å². The Bertz CT molecular complexity index is 340. The Morgan fingerprint density at radius 1 is 1.25 bits per heavy atom. The Morgan fingerprint density at radius 3 is 2.40 bits per heavy atom. The lowest BCUT2D eigenvalue weighted by Gasteiger charge is -2.45. The third kappa shape index (κ3) is 3.66. The summed E-state index contributed by atoms with van der Waals surface area (Å²) in [6.45, 7) is 14.0. The summed E-state index contributed by atoms with van der Waals surface area (Å²) in [4.78, 5) is 19.1. The molecule has 0 N–H and O–H groups in total. The molecule has 0 aromatic heterocycles. The maximum atomic E-state index is 12.0. The van der Waals surface area contributed by atoms with Crippen LogP contribution >= 0.6 is 11.6 Å². The molecule has 20 heavy (non-hydrogen) atoms. The highest BCUT2D eigenvalue weighted by Gasteiger charge is 2.36. The molecule has 2 aliphatic rings. The second kappa shape index (κ2) is 6.63. The molecule has 0 aliphatic carbocycles.